The zero-order chi connectivity index (χ0) is 12.7. The van der Waals surface area contributed by atoms with Crippen molar-refractivity contribution in [1.29, 1.82) is 0 Å². The van der Waals surface area contributed by atoms with Crippen LogP contribution in [0, 0.1) is 0 Å². The van der Waals surface area contributed by atoms with Crippen molar-refractivity contribution in [3.63, 3.8) is 0 Å². The summed E-state index contributed by atoms with van der Waals surface area (Å²) >= 11 is 0. The first kappa shape index (κ1) is 13.5. The predicted octanol–water partition coefficient (Wildman–Crippen LogP) is 1.22. The van der Waals surface area contributed by atoms with Gasteiger partial charge in [0, 0.05) is 12.2 Å². The third kappa shape index (κ3) is 3.72. The molecule has 5 heteroatoms. The van der Waals surface area contributed by atoms with Crippen molar-refractivity contribution < 1.29 is 24.5 Å². The fourth-order valence-electron chi connectivity index (χ4n) is 1.44. The number of carboxylic acids is 1. The minimum Gasteiger partial charge on any atom is -0.491 e. The molecule has 1 atom stereocenters. The number of aliphatic carboxylic acids is 1. The first-order valence-electron chi connectivity index (χ1n) is 5.37. The van der Waals surface area contributed by atoms with Crippen LogP contribution < -0.4 is 4.74 Å². The number of para-hydroxylation sites is 1. The van der Waals surface area contributed by atoms with Crippen LogP contribution in [0.4, 0.5) is 0 Å². The highest BCUT2D eigenvalue weighted by Gasteiger charge is 2.23. The second-order valence-corrected chi connectivity index (χ2v) is 3.28. The lowest BCUT2D eigenvalue weighted by atomic mass is 10.1. The van der Waals surface area contributed by atoms with Crippen molar-refractivity contribution in [2.75, 3.05) is 19.8 Å². The number of aliphatic hydroxyl groups excluding tert-OH is 1. The highest BCUT2D eigenvalue weighted by molar-refractivity contribution is 5.75. The number of ether oxygens (including phenoxy) is 2. The van der Waals surface area contributed by atoms with Gasteiger partial charge in [0.25, 0.3) is 0 Å². The molecule has 5 nitrogen and oxygen atoms in total. The van der Waals surface area contributed by atoms with Crippen LogP contribution in [-0.4, -0.2) is 36.0 Å². The molecule has 0 saturated carbocycles. The van der Waals surface area contributed by atoms with E-state index in [1.165, 1.54) is 0 Å². The second-order valence-electron chi connectivity index (χ2n) is 3.28. The Morgan fingerprint density at radius 2 is 2.12 bits per heavy atom. The molecular weight excluding hydrogens is 224 g/mol. The Labute approximate surface area is 99.6 Å². The van der Waals surface area contributed by atoms with Gasteiger partial charge in [-0.05, 0) is 13.0 Å². The molecule has 1 aromatic carbocycles. The quantitative estimate of drug-likeness (QED) is 0.749. The van der Waals surface area contributed by atoms with Gasteiger partial charge in [0.2, 0.25) is 0 Å². The van der Waals surface area contributed by atoms with Crippen LogP contribution in [0.25, 0.3) is 0 Å². The van der Waals surface area contributed by atoms with E-state index in [2.05, 4.69) is 0 Å². The molecule has 0 amide bonds. The molecule has 0 radical (unpaired) electrons. The minimum absolute atomic E-state index is 0.121. The molecule has 0 heterocycles. The van der Waals surface area contributed by atoms with Crippen LogP contribution in [0.3, 0.4) is 0 Å². The van der Waals surface area contributed by atoms with Crippen LogP contribution in [0.5, 0.6) is 5.75 Å². The molecule has 0 spiro atoms. The highest BCUT2D eigenvalue weighted by atomic mass is 16.5. The SMILES string of the molecule is CCOC(C(=O)O)c1ccccc1OCCO. The number of carboxylic acid groups (broad SMARTS) is 1. The summed E-state index contributed by atoms with van der Waals surface area (Å²) in [6.45, 7) is 2.02. The van der Waals surface area contributed by atoms with Gasteiger partial charge in [-0.15, -0.1) is 0 Å². The third-order valence-electron chi connectivity index (χ3n) is 2.11. The number of benzene rings is 1. The molecule has 0 aliphatic rings. The van der Waals surface area contributed by atoms with Crippen LogP contribution in [-0.2, 0) is 9.53 Å². The van der Waals surface area contributed by atoms with Crippen LogP contribution in [0.2, 0.25) is 0 Å². The first-order valence-corrected chi connectivity index (χ1v) is 5.37. The molecule has 94 valence electrons. The van der Waals surface area contributed by atoms with Crippen LogP contribution >= 0.6 is 0 Å². The number of hydrogen-bond acceptors (Lipinski definition) is 4. The molecule has 1 rings (SSSR count). The minimum atomic E-state index is -1.06. The third-order valence-corrected chi connectivity index (χ3v) is 2.11. The molecular formula is C12H16O5. The van der Waals surface area contributed by atoms with E-state index in [-0.39, 0.29) is 13.2 Å². The predicted molar refractivity (Wildman–Crippen MR) is 61.0 cm³/mol. The highest BCUT2D eigenvalue weighted by Crippen LogP contribution is 2.27. The lowest BCUT2D eigenvalue weighted by Crippen LogP contribution is -2.17. The summed E-state index contributed by atoms with van der Waals surface area (Å²) in [6.07, 6.45) is -1.05. The standard InChI is InChI=1S/C12H16O5/c1-2-16-11(12(14)15)9-5-3-4-6-10(9)17-8-7-13/h3-6,11,13H,2,7-8H2,1H3,(H,14,15). The van der Waals surface area contributed by atoms with E-state index in [1.807, 2.05) is 0 Å². The lowest BCUT2D eigenvalue weighted by molar-refractivity contribution is -0.150. The summed E-state index contributed by atoms with van der Waals surface area (Å²) in [6, 6.07) is 6.75. The fraction of sp³-hybridized carbons (Fsp3) is 0.417. The maximum absolute atomic E-state index is 11.1. The summed E-state index contributed by atoms with van der Waals surface area (Å²) in [7, 11) is 0. The Bertz CT molecular complexity index is 364. The van der Waals surface area contributed by atoms with Gasteiger partial charge in [0.05, 0.1) is 6.61 Å². The first-order chi connectivity index (χ1) is 8.20. The van der Waals surface area contributed by atoms with Gasteiger partial charge in [0.1, 0.15) is 12.4 Å². The summed E-state index contributed by atoms with van der Waals surface area (Å²) in [5.74, 6) is -0.644. The van der Waals surface area contributed by atoms with Gasteiger partial charge in [-0.25, -0.2) is 4.79 Å². The van der Waals surface area contributed by atoms with Crippen molar-refractivity contribution in [3.05, 3.63) is 29.8 Å². The van der Waals surface area contributed by atoms with E-state index in [0.717, 1.165) is 0 Å². The number of rotatable bonds is 7. The van der Waals surface area contributed by atoms with Crippen molar-refractivity contribution >= 4 is 5.97 Å². The maximum atomic E-state index is 11.1. The molecule has 0 aromatic heterocycles. The largest absolute Gasteiger partial charge is 0.491 e. The molecule has 0 bridgehead atoms. The Morgan fingerprint density at radius 1 is 1.41 bits per heavy atom. The zero-order valence-corrected chi connectivity index (χ0v) is 9.63. The molecule has 0 aliphatic heterocycles. The van der Waals surface area contributed by atoms with Gasteiger partial charge < -0.3 is 19.7 Å². The Hall–Kier alpha value is -1.59. The number of aliphatic hydroxyl groups is 1. The molecule has 0 fully saturated rings. The molecule has 0 aliphatic carbocycles. The molecule has 1 aromatic rings. The average molecular weight is 240 g/mol. The maximum Gasteiger partial charge on any atom is 0.337 e. The Balaban J connectivity index is 2.96. The van der Waals surface area contributed by atoms with E-state index in [4.69, 9.17) is 19.7 Å². The average Bonchev–Trinajstić information content (AvgIpc) is 2.33. The summed E-state index contributed by atoms with van der Waals surface area (Å²) < 4.78 is 10.4. The van der Waals surface area contributed by atoms with Crippen molar-refractivity contribution in [3.8, 4) is 5.75 Å². The van der Waals surface area contributed by atoms with Gasteiger partial charge in [0.15, 0.2) is 6.10 Å². The van der Waals surface area contributed by atoms with Crippen LogP contribution in [0.15, 0.2) is 24.3 Å². The Kier molecular flexibility index (Phi) is 5.45. The monoisotopic (exact) mass is 240 g/mol. The summed E-state index contributed by atoms with van der Waals surface area (Å²) in [5.41, 5.74) is 0.454. The molecule has 17 heavy (non-hydrogen) atoms. The van der Waals surface area contributed by atoms with E-state index in [0.29, 0.717) is 17.9 Å². The lowest BCUT2D eigenvalue weighted by Gasteiger charge is -2.16. The molecule has 2 N–H and O–H groups in total. The van der Waals surface area contributed by atoms with Crippen molar-refractivity contribution in [2.24, 2.45) is 0 Å². The van der Waals surface area contributed by atoms with Gasteiger partial charge in [-0.1, -0.05) is 18.2 Å². The zero-order valence-electron chi connectivity index (χ0n) is 9.63. The number of carbonyl (C=O) groups is 1. The van der Waals surface area contributed by atoms with E-state index < -0.39 is 12.1 Å². The van der Waals surface area contributed by atoms with Gasteiger partial charge in [-0.2, -0.15) is 0 Å². The smallest absolute Gasteiger partial charge is 0.337 e. The van der Waals surface area contributed by atoms with Gasteiger partial charge in [-0.3, -0.25) is 0 Å². The van der Waals surface area contributed by atoms with Gasteiger partial charge >= 0.3 is 5.97 Å². The van der Waals surface area contributed by atoms with Crippen LogP contribution in [0.1, 0.15) is 18.6 Å². The second kappa shape index (κ2) is 6.88. The molecule has 1 unspecified atom stereocenters. The fourth-order valence-corrected chi connectivity index (χ4v) is 1.44. The summed E-state index contributed by atoms with van der Waals surface area (Å²) in [4.78, 5) is 11.1. The topological polar surface area (TPSA) is 76.0 Å². The molecule has 0 saturated heterocycles. The number of hydrogen-bond donors (Lipinski definition) is 2. The Morgan fingerprint density at radius 3 is 2.71 bits per heavy atom. The van der Waals surface area contributed by atoms with Crippen molar-refractivity contribution in [2.45, 2.75) is 13.0 Å². The van der Waals surface area contributed by atoms with E-state index in [9.17, 15) is 4.79 Å². The van der Waals surface area contributed by atoms with Crippen molar-refractivity contribution in [1.82, 2.24) is 0 Å². The van der Waals surface area contributed by atoms with E-state index >= 15 is 0 Å². The normalized spacial score (nSPS) is 12.1. The summed E-state index contributed by atoms with van der Waals surface area (Å²) in [5, 5.41) is 17.8. The van der Waals surface area contributed by atoms with E-state index in [1.54, 1.807) is 31.2 Å².